The largest absolute Gasteiger partial charge is 0.467 e. The van der Waals surface area contributed by atoms with Crippen LogP contribution in [0.3, 0.4) is 0 Å². The number of aromatic nitrogens is 2. The molecule has 3 aromatic rings. The Hall–Kier alpha value is -3.35. The van der Waals surface area contributed by atoms with Crippen LogP contribution in [-0.4, -0.2) is 33.9 Å². The minimum atomic E-state index is -0.361. The van der Waals surface area contributed by atoms with Gasteiger partial charge in [0, 0.05) is 36.7 Å². The number of rotatable bonds is 4. The van der Waals surface area contributed by atoms with Gasteiger partial charge in [-0.1, -0.05) is 12.1 Å². The monoisotopic (exact) mass is 375 g/mol. The van der Waals surface area contributed by atoms with E-state index in [1.807, 2.05) is 48.8 Å². The van der Waals surface area contributed by atoms with E-state index in [-0.39, 0.29) is 12.1 Å². The molecular weight excluding hydrogens is 354 g/mol. The van der Waals surface area contributed by atoms with Crippen molar-refractivity contribution in [2.75, 3.05) is 23.3 Å². The van der Waals surface area contributed by atoms with Crippen LogP contribution in [0.1, 0.15) is 40.7 Å². The lowest BCUT2D eigenvalue weighted by Gasteiger charge is -2.37. The quantitative estimate of drug-likeness (QED) is 0.753. The number of hydrogen-bond acceptors (Lipinski definition) is 6. The van der Waals surface area contributed by atoms with Gasteiger partial charge < -0.3 is 19.5 Å². The molecule has 0 spiro atoms. The third kappa shape index (κ3) is 2.98. The third-order valence-corrected chi connectivity index (χ3v) is 5.29. The molecule has 28 heavy (non-hydrogen) atoms. The summed E-state index contributed by atoms with van der Waals surface area (Å²) in [5.74, 6) is 1.44. The predicted molar refractivity (Wildman–Crippen MR) is 105 cm³/mol. The molecule has 1 fully saturated rings. The lowest BCUT2D eigenvalue weighted by atomic mass is 10.0. The van der Waals surface area contributed by atoms with Gasteiger partial charge in [0.15, 0.2) is 0 Å². The van der Waals surface area contributed by atoms with Crippen LogP contribution in [0.25, 0.3) is 0 Å². The molecule has 2 aliphatic rings. The summed E-state index contributed by atoms with van der Waals surface area (Å²) < 4.78 is 5.48. The Morgan fingerprint density at radius 3 is 2.61 bits per heavy atom. The average molecular weight is 375 g/mol. The van der Waals surface area contributed by atoms with E-state index in [0.29, 0.717) is 12.1 Å². The summed E-state index contributed by atoms with van der Waals surface area (Å²) in [6, 6.07) is 11.3. The molecule has 4 heterocycles. The van der Waals surface area contributed by atoms with E-state index in [1.54, 1.807) is 11.2 Å². The lowest BCUT2D eigenvalue weighted by Crippen LogP contribution is -2.42. The summed E-state index contributed by atoms with van der Waals surface area (Å²) >= 11 is 0. The van der Waals surface area contributed by atoms with Gasteiger partial charge in [0.2, 0.25) is 5.95 Å². The summed E-state index contributed by atoms with van der Waals surface area (Å²) in [4.78, 5) is 26.3. The fourth-order valence-corrected chi connectivity index (χ4v) is 3.84. The fourth-order valence-electron chi connectivity index (χ4n) is 3.84. The Bertz CT molecular complexity index is 965. The van der Waals surface area contributed by atoms with Gasteiger partial charge in [0.05, 0.1) is 18.4 Å². The summed E-state index contributed by atoms with van der Waals surface area (Å²) in [5.41, 5.74) is 2.31. The van der Waals surface area contributed by atoms with Crippen LogP contribution in [0.4, 0.5) is 11.6 Å². The number of nitrogens with zero attached hydrogens (tertiary/aromatic N) is 4. The number of nitrogens with one attached hydrogen (secondary N) is 1. The first kappa shape index (κ1) is 16.8. The van der Waals surface area contributed by atoms with E-state index in [4.69, 9.17) is 4.42 Å². The topological polar surface area (TPSA) is 74.5 Å². The Morgan fingerprint density at radius 1 is 1.07 bits per heavy atom. The van der Waals surface area contributed by atoms with Crippen molar-refractivity contribution in [2.24, 2.45) is 0 Å². The van der Waals surface area contributed by atoms with Crippen molar-refractivity contribution in [2.45, 2.75) is 25.6 Å². The highest BCUT2D eigenvalue weighted by Crippen LogP contribution is 2.34. The highest BCUT2D eigenvalue weighted by Gasteiger charge is 2.34. The van der Waals surface area contributed by atoms with Crippen molar-refractivity contribution >= 4 is 17.5 Å². The maximum Gasteiger partial charge on any atom is 0.258 e. The molecule has 0 radical (unpaired) electrons. The number of fused-ring (bicyclic) bond motifs is 1. The molecule has 1 amide bonds. The number of benzene rings is 1. The molecule has 1 saturated heterocycles. The maximum absolute atomic E-state index is 13.2. The number of amides is 1. The number of carbonyl (C=O) groups is 1. The van der Waals surface area contributed by atoms with Crippen molar-refractivity contribution < 1.29 is 9.21 Å². The third-order valence-electron chi connectivity index (χ3n) is 5.29. The van der Waals surface area contributed by atoms with E-state index >= 15 is 0 Å². The molecule has 1 aromatic carbocycles. The van der Waals surface area contributed by atoms with Gasteiger partial charge in [-0.2, -0.15) is 0 Å². The van der Waals surface area contributed by atoms with E-state index in [1.165, 1.54) is 12.8 Å². The first-order chi connectivity index (χ1) is 13.8. The molecule has 0 aliphatic carbocycles. The molecule has 0 saturated carbocycles. The van der Waals surface area contributed by atoms with Crippen molar-refractivity contribution in [3.8, 4) is 0 Å². The first-order valence-electron chi connectivity index (χ1n) is 9.55. The first-order valence-corrected chi connectivity index (χ1v) is 9.55. The Kier molecular flexibility index (Phi) is 4.20. The highest BCUT2D eigenvalue weighted by atomic mass is 16.3. The van der Waals surface area contributed by atoms with Crippen LogP contribution < -0.4 is 10.2 Å². The number of para-hydroxylation sites is 1. The van der Waals surface area contributed by atoms with Crippen LogP contribution in [0.5, 0.6) is 0 Å². The van der Waals surface area contributed by atoms with Gasteiger partial charge in [0.1, 0.15) is 11.9 Å². The van der Waals surface area contributed by atoms with Gasteiger partial charge in [-0.25, -0.2) is 9.97 Å². The molecule has 2 aliphatic heterocycles. The molecule has 5 rings (SSSR count). The van der Waals surface area contributed by atoms with E-state index in [2.05, 4.69) is 20.2 Å². The van der Waals surface area contributed by atoms with Gasteiger partial charge in [0.25, 0.3) is 5.91 Å². The molecule has 0 bridgehead atoms. The van der Waals surface area contributed by atoms with Crippen LogP contribution in [-0.2, 0) is 6.54 Å². The lowest BCUT2D eigenvalue weighted by molar-refractivity contribution is 0.0651. The normalized spacial score (nSPS) is 18.9. The summed E-state index contributed by atoms with van der Waals surface area (Å²) in [7, 11) is 0. The number of hydrogen-bond donors (Lipinski definition) is 1. The Labute approximate surface area is 163 Å². The standard InChI is InChI=1S/C21H21N5O2/c27-20-17-7-1-2-8-18(17)24-19(26(20)14-16-6-5-11-28-16)15-12-22-21(23-13-15)25-9-3-4-10-25/h1-2,5-8,11-13,19,24H,3-4,9-10,14H2/t19-/m0/s1. The molecule has 1 atom stereocenters. The Morgan fingerprint density at radius 2 is 1.86 bits per heavy atom. The second-order valence-corrected chi connectivity index (χ2v) is 7.12. The average Bonchev–Trinajstić information content (AvgIpc) is 3.44. The van der Waals surface area contributed by atoms with E-state index in [0.717, 1.165) is 36.0 Å². The van der Waals surface area contributed by atoms with Crippen LogP contribution in [0.15, 0.2) is 59.5 Å². The van der Waals surface area contributed by atoms with Gasteiger partial charge >= 0.3 is 0 Å². The molecule has 142 valence electrons. The maximum atomic E-state index is 13.2. The van der Waals surface area contributed by atoms with Crippen molar-refractivity contribution in [1.29, 1.82) is 0 Å². The molecule has 2 aromatic heterocycles. The Balaban J connectivity index is 1.48. The minimum absolute atomic E-state index is 0.0423. The van der Waals surface area contributed by atoms with Gasteiger partial charge in [-0.3, -0.25) is 4.79 Å². The van der Waals surface area contributed by atoms with Crippen LogP contribution >= 0.6 is 0 Å². The van der Waals surface area contributed by atoms with Crippen LogP contribution in [0, 0.1) is 0 Å². The summed E-state index contributed by atoms with van der Waals surface area (Å²) in [6.45, 7) is 2.36. The molecule has 7 heteroatoms. The second kappa shape index (κ2) is 6.99. The zero-order valence-electron chi connectivity index (χ0n) is 15.4. The minimum Gasteiger partial charge on any atom is -0.467 e. The van der Waals surface area contributed by atoms with Gasteiger partial charge in [-0.05, 0) is 37.1 Å². The molecular formula is C21H21N5O2. The zero-order chi connectivity index (χ0) is 18.9. The number of furan rings is 1. The number of carbonyl (C=O) groups excluding carboxylic acids is 1. The second-order valence-electron chi connectivity index (χ2n) is 7.12. The zero-order valence-corrected chi connectivity index (χ0v) is 15.4. The van der Waals surface area contributed by atoms with E-state index in [9.17, 15) is 4.79 Å². The SMILES string of the molecule is O=C1c2ccccc2N[C@H](c2cnc(N3CCCC3)nc2)N1Cc1ccco1. The molecule has 7 nitrogen and oxygen atoms in total. The van der Waals surface area contributed by atoms with Gasteiger partial charge in [-0.15, -0.1) is 0 Å². The van der Waals surface area contributed by atoms with Crippen molar-refractivity contribution in [3.05, 3.63) is 71.9 Å². The predicted octanol–water partition coefficient (Wildman–Crippen LogP) is 3.44. The van der Waals surface area contributed by atoms with Crippen molar-refractivity contribution in [1.82, 2.24) is 14.9 Å². The fraction of sp³-hybridized carbons (Fsp3) is 0.286. The van der Waals surface area contributed by atoms with Crippen LogP contribution in [0.2, 0.25) is 0 Å². The van der Waals surface area contributed by atoms with Crippen molar-refractivity contribution in [3.63, 3.8) is 0 Å². The summed E-state index contributed by atoms with van der Waals surface area (Å²) in [6.07, 6.45) is 7.24. The summed E-state index contributed by atoms with van der Waals surface area (Å²) in [5, 5.41) is 3.47. The highest BCUT2D eigenvalue weighted by molar-refractivity contribution is 6.01. The number of anilines is 2. The molecule has 1 N–H and O–H groups in total. The smallest absolute Gasteiger partial charge is 0.258 e. The molecule has 0 unspecified atom stereocenters. The van der Waals surface area contributed by atoms with E-state index < -0.39 is 0 Å².